The summed E-state index contributed by atoms with van der Waals surface area (Å²) in [5, 5.41) is 2.96. The van der Waals surface area contributed by atoms with Crippen molar-refractivity contribution >= 4 is 38.8 Å². The van der Waals surface area contributed by atoms with E-state index in [4.69, 9.17) is 4.74 Å². The highest BCUT2D eigenvalue weighted by Gasteiger charge is 2.13. The number of carbonyl (C=O) groups is 1. The minimum absolute atomic E-state index is 0.0753. The zero-order valence-electron chi connectivity index (χ0n) is 14.7. The molecule has 0 unspecified atom stereocenters. The van der Waals surface area contributed by atoms with Crippen molar-refractivity contribution in [2.45, 2.75) is 26.3 Å². The van der Waals surface area contributed by atoms with Crippen molar-refractivity contribution in [2.24, 2.45) is 0 Å². The minimum atomic E-state index is -0.0753. The van der Waals surface area contributed by atoms with Crippen molar-refractivity contribution in [3.05, 3.63) is 58.6 Å². The van der Waals surface area contributed by atoms with Crippen LogP contribution in [0.25, 0.3) is 11.0 Å². The molecule has 26 heavy (non-hydrogen) atoms. The average Bonchev–Trinajstić information content (AvgIpc) is 2.98. The van der Waals surface area contributed by atoms with E-state index >= 15 is 0 Å². The standard InChI is InChI=1S/C20H22BrN3O2/c1-2-26-13-5-12-24-18-7-4-3-6-17(18)22-20(24)23-19(25)14-15-8-10-16(21)11-9-15/h3-4,6-11H,2,5,12-14H2,1H3,(H,22,23,25). The molecule has 0 radical (unpaired) electrons. The first kappa shape index (κ1) is 18.6. The molecule has 0 spiro atoms. The molecule has 0 saturated heterocycles. The highest BCUT2D eigenvalue weighted by molar-refractivity contribution is 9.10. The van der Waals surface area contributed by atoms with E-state index in [1.807, 2.05) is 60.0 Å². The molecular weight excluding hydrogens is 394 g/mol. The molecule has 0 aliphatic rings. The van der Waals surface area contributed by atoms with Gasteiger partial charge in [0, 0.05) is 24.2 Å². The zero-order chi connectivity index (χ0) is 18.4. The van der Waals surface area contributed by atoms with E-state index in [-0.39, 0.29) is 5.91 Å². The summed E-state index contributed by atoms with van der Waals surface area (Å²) >= 11 is 3.41. The molecule has 2 aromatic carbocycles. The number of benzene rings is 2. The molecule has 0 fully saturated rings. The van der Waals surface area contributed by atoms with Gasteiger partial charge in [-0.25, -0.2) is 4.98 Å². The Balaban J connectivity index is 1.75. The van der Waals surface area contributed by atoms with Crippen molar-refractivity contribution < 1.29 is 9.53 Å². The van der Waals surface area contributed by atoms with E-state index in [1.165, 1.54) is 0 Å². The topological polar surface area (TPSA) is 56.1 Å². The molecule has 3 rings (SSSR count). The number of aromatic nitrogens is 2. The van der Waals surface area contributed by atoms with Gasteiger partial charge in [0.15, 0.2) is 0 Å². The summed E-state index contributed by atoms with van der Waals surface area (Å²) in [5.41, 5.74) is 2.86. The van der Waals surface area contributed by atoms with E-state index in [0.717, 1.165) is 34.0 Å². The van der Waals surface area contributed by atoms with Crippen LogP contribution in [0.2, 0.25) is 0 Å². The number of para-hydroxylation sites is 2. The van der Waals surface area contributed by atoms with Gasteiger partial charge < -0.3 is 9.30 Å². The highest BCUT2D eigenvalue weighted by atomic mass is 79.9. The Morgan fingerprint density at radius 3 is 2.73 bits per heavy atom. The zero-order valence-corrected chi connectivity index (χ0v) is 16.3. The largest absolute Gasteiger partial charge is 0.382 e. The van der Waals surface area contributed by atoms with Crippen LogP contribution in [0.3, 0.4) is 0 Å². The number of nitrogens with one attached hydrogen (secondary N) is 1. The van der Waals surface area contributed by atoms with Crippen LogP contribution >= 0.6 is 15.9 Å². The molecule has 1 aromatic heterocycles. The molecule has 0 aliphatic heterocycles. The predicted molar refractivity (Wildman–Crippen MR) is 107 cm³/mol. The maximum atomic E-state index is 12.5. The number of rotatable bonds is 8. The van der Waals surface area contributed by atoms with Crippen molar-refractivity contribution in [3.8, 4) is 0 Å². The monoisotopic (exact) mass is 415 g/mol. The number of amides is 1. The van der Waals surface area contributed by atoms with Crippen LogP contribution < -0.4 is 5.32 Å². The van der Waals surface area contributed by atoms with Gasteiger partial charge in [-0.15, -0.1) is 0 Å². The Hall–Kier alpha value is -2.18. The third-order valence-corrected chi connectivity index (χ3v) is 4.59. The molecule has 0 aliphatic carbocycles. The second kappa shape index (κ2) is 8.96. The summed E-state index contributed by atoms with van der Waals surface area (Å²) in [6, 6.07) is 15.7. The van der Waals surface area contributed by atoms with Crippen LogP contribution in [-0.4, -0.2) is 28.7 Å². The highest BCUT2D eigenvalue weighted by Crippen LogP contribution is 2.20. The minimum Gasteiger partial charge on any atom is -0.382 e. The fraction of sp³-hybridized carbons (Fsp3) is 0.300. The van der Waals surface area contributed by atoms with E-state index in [0.29, 0.717) is 25.6 Å². The third-order valence-electron chi connectivity index (χ3n) is 4.06. The van der Waals surface area contributed by atoms with Crippen molar-refractivity contribution in [1.29, 1.82) is 0 Å². The first-order valence-corrected chi connectivity index (χ1v) is 9.54. The van der Waals surface area contributed by atoms with Gasteiger partial charge in [-0.3, -0.25) is 10.1 Å². The molecule has 136 valence electrons. The van der Waals surface area contributed by atoms with E-state index in [2.05, 4.69) is 26.2 Å². The fourth-order valence-corrected chi connectivity index (χ4v) is 3.09. The van der Waals surface area contributed by atoms with Crippen LogP contribution in [0.15, 0.2) is 53.0 Å². The maximum Gasteiger partial charge on any atom is 0.231 e. The number of imidazole rings is 1. The second-order valence-corrected chi connectivity index (χ2v) is 6.89. The van der Waals surface area contributed by atoms with Gasteiger partial charge >= 0.3 is 0 Å². The lowest BCUT2D eigenvalue weighted by Gasteiger charge is -2.10. The summed E-state index contributed by atoms with van der Waals surface area (Å²) in [6.07, 6.45) is 1.18. The fourth-order valence-electron chi connectivity index (χ4n) is 2.82. The molecule has 0 saturated carbocycles. The number of nitrogens with zero attached hydrogens (tertiary/aromatic N) is 2. The summed E-state index contributed by atoms with van der Waals surface area (Å²) in [7, 11) is 0. The lowest BCUT2D eigenvalue weighted by molar-refractivity contribution is -0.115. The lowest BCUT2D eigenvalue weighted by atomic mass is 10.1. The van der Waals surface area contributed by atoms with Gasteiger partial charge in [0.05, 0.1) is 17.5 Å². The van der Waals surface area contributed by atoms with E-state index in [1.54, 1.807) is 0 Å². The van der Waals surface area contributed by atoms with Crippen LogP contribution in [0.5, 0.6) is 0 Å². The number of ether oxygens (including phenoxy) is 1. The average molecular weight is 416 g/mol. The first-order valence-electron chi connectivity index (χ1n) is 8.74. The lowest BCUT2D eigenvalue weighted by Crippen LogP contribution is -2.18. The molecule has 5 nitrogen and oxygen atoms in total. The molecule has 0 bridgehead atoms. The predicted octanol–water partition coefficient (Wildman–Crippen LogP) is 4.41. The Morgan fingerprint density at radius 2 is 1.96 bits per heavy atom. The molecule has 1 amide bonds. The molecular formula is C20H22BrN3O2. The van der Waals surface area contributed by atoms with Gasteiger partial charge in [0.1, 0.15) is 0 Å². The maximum absolute atomic E-state index is 12.5. The number of hydrogen-bond acceptors (Lipinski definition) is 3. The van der Waals surface area contributed by atoms with Gasteiger partial charge in [-0.1, -0.05) is 40.2 Å². The number of carbonyl (C=O) groups excluding carboxylic acids is 1. The van der Waals surface area contributed by atoms with Crippen LogP contribution in [0.1, 0.15) is 18.9 Å². The molecule has 6 heteroatoms. The SMILES string of the molecule is CCOCCCn1c(NC(=O)Cc2ccc(Br)cc2)nc2ccccc21. The summed E-state index contributed by atoms with van der Waals surface area (Å²) in [6.45, 7) is 4.13. The van der Waals surface area contributed by atoms with Gasteiger partial charge in [0.25, 0.3) is 0 Å². The summed E-state index contributed by atoms with van der Waals surface area (Å²) in [5.74, 6) is 0.512. The second-order valence-electron chi connectivity index (χ2n) is 5.98. The normalized spacial score (nSPS) is 11.0. The third kappa shape index (κ3) is 4.71. The number of hydrogen-bond donors (Lipinski definition) is 1. The summed E-state index contributed by atoms with van der Waals surface area (Å²) < 4.78 is 8.48. The number of fused-ring (bicyclic) bond motifs is 1. The van der Waals surface area contributed by atoms with Crippen molar-refractivity contribution in [3.63, 3.8) is 0 Å². The smallest absolute Gasteiger partial charge is 0.231 e. The quantitative estimate of drug-likeness (QED) is 0.554. The molecule has 1 N–H and O–H groups in total. The van der Waals surface area contributed by atoms with Crippen molar-refractivity contribution in [2.75, 3.05) is 18.5 Å². The Morgan fingerprint density at radius 1 is 1.19 bits per heavy atom. The number of halogens is 1. The molecule has 3 aromatic rings. The summed E-state index contributed by atoms with van der Waals surface area (Å²) in [4.78, 5) is 17.1. The van der Waals surface area contributed by atoms with E-state index in [9.17, 15) is 4.79 Å². The number of anilines is 1. The van der Waals surface area contributed by atoms with Crippen LogP contribution in [0, 0.1) is 0 Å². The molecule has 0 atom stereocenters. The van der Waals surface area contributed by atoms with Crippen LogP contribution in [-0.2, 0) is 22.5 Å². The van der Waals surface area contributed by atoms with E-state index < -0.39 is 0 Å². The van der Waals surface area contributed by atoms with Gasteiger partial charge in [-0.2, -0.15) is 0 Å². The van der Waals surface area contributed by atoms with Crippen molar-refractivity contribution in [1.82, 2.24) is 9.55 Å². The Kier molecular flexibility index (Phi) is 6.41. The van der Waals surface area contributed by atoms with Gasteiger partial charge in [-0.05, 0) is 43.2 Å². The number of aryl methyl sites for hydroxylation is 1. The van der Waals surface area contributed by atoms with Gasteiger partial charge in [0.2, 0.25) is 11.9 Å². The Labute approximate surface area is 161 Å². The van der Waals surface area contributed by atoms with Crippen LogP contribution in [0.4, 0.5) is 5.95 Å². The Bertz CT molecular complexity index is 874. The first-order chi connectivity index (χ1) is 12.7. The molecule has 1 heterocycles.